The lowest BCUT2D eigenvalue weighted by atomic mass is 9.84. The first kappa shape index (κ1) is 12.0. The second-order valence-electron chi connectivity index (χ2n) is 11.5. The van der Waals surface area contributed by atoms with Crippen LogP contribution >= 0.6 is 0 Å². The summed E-state index contributed by atoms with van der Waals surface area (Å²) in [6.07, 6.45) is 0. The quantitative estimate of drug-likeness (QED) is 0.131. The van der Waals surface area contributed by atoms with E-state index in [1.165, 1.54) is 0 Å². The lowest BCUT2D eigenvalue weighted by Gasteiger charge is -2.18. The van der Waals surface area contributed by atoms with Gasteiger partial charge in [-0.15, -0.1) is 0 Å². The summed E-state index contributed by atoms with van der Waals surface area (Å²) in [7, 11) is 0. The fraction of sp³-hybridized carbons (Fsp3) is 0. The van der Waals surface area contributed by atoms with Crippen LogP contribution in [0.3, 0.4) is 0 Å². The van der Waals surface area contributed by atoms with Crippen molar-refractivity contribution in [2.75, 3.05) is 0 Å². The molecule has 0 aliphatic rings. The van der Waals surface area contributed by atoms with E-state index in [4.69, 9.17) is 31.8 Å². The van der Waals surface area contributed by atoms with Gasteiger partial charge in [-0.05, 0) is 112 Å². The molecule has 0 amide bonds. The number of fused-ring (bicyclic) bond motifs is 8. The molecule has 0 aliphatic carbocycles. The molecule has 11 aromatic rings. The van der Waals surface area contributed by atoms with E-state index in [0.717, 1.165) is 0 Å². The first-order valence-corrected chi connectivity index (χ1v) is 15.7. The van der Waals surface area contributed by atoms with E-state index in [1.54, 1.807) is 0 Å². The average Bonchev–Trinajstić information content (AvgIpc) is 1.48. The number of hydrogen-bond acceptors (Lipinski definition) is 1. The van der Waals surface area contributed by atoms with Crippen LogP contribution in [0.2, 0.25) is 0 Å². The molecule has 0 radical (unpaired) electrons. The van der Waals surface area contributed by atoms with Gasteiger partial charge in [0.15, 0.2) is 0 Å². The third-order valence-corrected chi connectivity index (χ3v) is 8.64. The predicted molar refractivity (Wildman–Crippen MR) is 225 cm³/mol. The van der Waals surface area contributed by atoms with Crippen molar-refractivity contribution in [2.45, 2.75) is 0 Å². The summed E-state index contributed by atoms with van der Waals surface area (Å²) in [6, 6.07) is -31.2. The van der Waals surface area contributed by atoms with Gasteiger partial charge >= 0.3 is 0 Å². The van der Waals surface area contributed by atoms with Crippen molar-refractivity contribution in [2.24, 2.45) is 0 Å². The average molecular weight is 705 g/mol. The number of rotatable bonds is 4. The lowest BCUT2D eigenvalue weighted by molar-refractivity contribution is 0.669. The first-order chi connectivity index (χ1) is 39.6. The van der Waals surface area contributed by atoms with Crippen molar-refractivity contribution >= 4 is 65.0 Å². The Balaban J connectivity index is 1.30. The fourth-order valence-corrected chi connectivity index (χ4v) is 6.36. The van der Waals surface area contributed by atoms with Crippen LogP contribution in [0, 0.1) is 0 Å². The SMILES string of the molecule is [2H]c1c([2H])c(-c2c([2H])c([2H])c(-c3c4c([2H])c([2H])c([2H])c([2H])c4c(-c4c([2H])c([2H])c([2H])c5oc6c([2H])c([2H])c([2H])c([2H])c6c45)c4c([2H])c([2H])c([2H])c([2H])c34)c([2H])c2[2H])c([2H])c(-c2c([2H])c([2H])c3c(c2[2H])c([2H])c([2H])c2c([2H])c([2H])c([2H])c([2H])c23)c1[2H]. The van der Waals surface area contributed by atoms with Gasteiger partial charge in [-0.2, -0.15) is 0 Å². The molecule has 0 saturated heterocycles. The van der Waals surface area contributed by atoms with Gasteiger partial charge in [0.1, 0.15) is 11.2 Å². The Kier molecular flexibility index (Phi) is 2.68. The largest absolute Gasteiger partial charge is 0.456 e. The molecule has 53 heavy (non-hydrogen) atoms. The zero-order valence-corrected chi connectivity index (χ0v) is 26.4. The van der Waals surface area contributed by atoms with Gasteiger partial charge in [-0.1, -0.05) is 169 Å². The minimum atomic E-state index is -1.20. The minimum absolute atomic E-state index is 0.501. The summed E-state index contributed by atoms with van der Waals surface area (Å²) < 4.78 is 296. The number of benzene rings is 10. The van der Waals surface area contributed by atoms with Crippen LogP contribution in [0.25, 0.3) is 110 Å². The predicted octanol–water partition coefficient (Wildman–Crippen LogP) is 14.9. The van der Waals surface area contributed by atoms with Crippen LogP contribution in [0.15, 0.2) is 198 Å². The molecule has 0 N–H and O–H groups in total. The molecule has 0 atom stereocenters. The number of hydrogen-bond donors (Lipinski definition) is 0. The molecule has 0 saturated carbocycles. The van der Waals surface area contributed by atoms with E-state index < -0.39 is 303 Å². The molecule has 0 spiro atoms. The van der Waals surface area contributed by atoms with Crippen molar-refractivity contribution < 1.29 is 48.3 Å². The Morgan fingerprint density at radius 1 is 0.302 bits per heavy atom. The maximum Gasteiger partial charge on any atom is 0.136 e. The summed E-state index contributed by atoms with van der Waals surface area (Å²) in [5.41, 5.74) is -8.09. The molecule has 0 aliphatic heterocycles. The second kappa shape index (κ2) is 11.8. The van der Waals surface area contributed by atoms with E-state index in [9.17, 15) is 16.4 Å². The highest BCUT2D eigenvalue weighted by Gasteiger charge is 2.20. The van der Waals surface area contributed by atoms with Crippen LogP contribution < -0.4 is 0 Å². The van der Waals surface area contributed by atoms with Gasteiger partial charge in [-0.25, -0.2) is 0 Å². The third-order valence-electron chi connectivity index (χ3n) is 8.64. The second-order valence-corrected chi connectivity index (χ2v) is 11.5. The van der Waals surface area contributed by atoms with Gasteiger partial charge in [0.25, 0.3) is 0 Å². The Labute approximate surface area is 352 Å². The summed E-state index contributed by atoms with van der Waals surface area (Å²) in [5.74, 6) is 0. The summed E-state index contributed by atoms with van der Waals surface area (Å²) in [5, 5.41) is -6.37. The Hall–Kier alpha value is -6.96. The monoisotopic (exact) mass is 704 g/mol. The van der Waals surface area contributed by atoms with Crippen molar-refractivity contribution in [3.63, 3.8) is 0 Å². The van der Waals surface area contributed by atoms with E-state index in [0.29, 0.717) is 0 Å². The van der Waals surface area contributed by atoms with Gasteiger partial charge in [0, 0.05) is 10.8 Å². The maximum absolute atomic E-state index is 9.71. The topological polar surface area (TPSA) is 13.1 Å². The molecular weight excluding hydrogens is 641 g/mol. The lowest BCUT2D eigenvalue weighted by Crippen LogP contribution is -1.91. The first-order valence-electron chi connectivity index (χ1n) is 31.7. The normalized spacial score (nSPS) is 20.2. The van der Waals surface area contributed by atoms with E-state index in [2.05, 4.69) is 0 Å². The Bertz CT molecular complexity index is 4970. The molecule has 0 bridgehead atoms. The van der Waals surface area contributed by atoms with Crippen molar-refractivity contribution in [3.8, 4) is 44.5 Å². The minimum Gasteiger partial charge on any atom is -0.456 e. The third kappa shape index (κ3) is 4.71. The van der Waals surface area contributed by atoms with Crippen LogP contribution in [-0.2, 0) is 0 Å². The molecule has 1 heteroatoms. The molecule has 1 aromatic heterocycles. The summed E-state index contributed by atoms with van der Waals surface area (Å²) in [4.78, 5) is 0. The molecule has 1 heterocycles. The van der Waals surface area contributed by atoms with Gasteiger partial charge in [-0.3, -0.25) is 0 Å². The van der Waals surface area contributed by atoms with Gasteiger partial charge < -0.3 is 4.42 Å². The number of furan rings is 1. The number of para-hydroxylation sites is 1. The van der Waals surface area contributed by atoms with Crippen molar-refractivity contribution in [3.05, 3.63) is 193 Å². The van der Waals surface area contributed by atoms with Crippen LogP contribution in [0.1, 0.15) is 43.9 Å². The standard InChI is InChI=1S/C52H32O/c1-2-14-40-34(11-1)25-28-39-32-38(29-30-41(39)40)37-13-9-12-36(31-37)33-23-26-35(27-24-33)50-42-15-3-5-17-44(42)51(45-18-6-4-16-43(45)50)47-20-10-22-49-52(47)46-19-7-8-21-48(46)53-49/h1-32H/i1D,2D,3D,4D,5D,6D,7D,8D,9D,10D,11D,12D,13D,14D,15D,16D,17D,18D,19D,20D,21D,22D,23D,24D,25D,26D,27D,28D,29D,30D,31D,32D. The van der Waals surface area contributed by atoms with E-state index >= 15 is 0 Å². The highest BCUT2D eigenvalue weighted by Crippen LogP contribution is 2.47. The molecule has 246 valence electrons. The summed E-state index contributed by atoms with van der Waals surface area (Å²) in [6.45, 7) is 0. The molecule has 0 fully saturated rings. The van der Waals surface area contributed by atoms with Crippen LogP contribution in [0.5, 0.6) is 0 Å². The van der Waals surface area contributed by atoms with Crippen LogP contribution in [0.4, 0.5) is 0 Å². The molecule has 0 unspecified atom stereocenters. The smallest absolute Gasteiger partial charge is 0.136 e. The van der Waals surface area contributed by atoms with Gasteiger partial charge in [0.05, 0.1) is 43.9 Å². The molecule has 1 nitrogen and oxygen atoms in total. The summed E-state index contributed by atoms with van der Waals surface area (Å²) >= 11 is 0. The molecule has 10 aromatic carbocycles. The molecular formula is C52H32O. The Morgan fingerprint density at radius 3 is 1.57 bits per heavy atom. The highest BCUT2D eigenvalue weighted by molar-refractivity contribution is 6.25. The van der Waals surface area contributed by atoms with Crippen molar-refractivity contribution in [1.29, 1.82) is 0 Å². The van der Waals surface area contributed by atoms with Gasteiger partial charge in [0.2, 0.25) is 0 Å². The van der Waals surface area contributed by atoms with Crippen LogP contribution in [-0.4, -0.2) is 0 Å². The fourth-order valence-electron chi connectivity index (χ4n) is 6.36. The molecule has 11 rings (SSSR count). The zero-order valence-electron chi connectivity index (χ0n) is 58.4. The van der Waals surface area contributed by atoms with Crippen molar-refractivity contribution in [1.82, 2.24) is 0 Å². The van der Waals surface area contributed by atoms with E-state index in [-0.39, 0.29) is 0 Å². The van der Waals surface area contributed by atoms with E-state index in [1.807, 2.05) is 0 Å². The highest BCUT2D eigenvalue weighted by atomic mass is 16.3. The Morgan fingerprint density at radius 2 is 0.811 bits per heavy atom. The zero-order chi connectivity index (χ0) is 62.7. The maximum atomic E-state index is 9.71.